The Kier molecular flexibility index (Phi) is 2.26. The lowest BCUT2D eigenvalue weighted by molar-refractivity contribution is -0.167. The molecule has 5 nitrogen and oxygen atoms in total. The number of hydrogen-bond donors (Lipinski definition) is 1. The largest absolute Gasteiger partial charge is 0.405 e. The summed E-state index contributed by atoms with van der Waals surface area (Å²) in [6.45, 7) is 0. The number of benzene rings is 2. The summed E-state index contributed by atoms with van der Waals surface area (Å²) >= 11 is 5.95. The molecule has 2 aliphatic heterocycles. The Labute approximate surface area is 124 Å². The molecule has 6 heteroatoms. The molecule has 0 bridgehead atoms. The van der Waals surface area contributed by atoms with Crippen LogP contribution in [0, 0.1) is 0 Å². The summed E-state index contributed by atoms with van der Waals surface area (Å²) < 4.78 is 5.14. The summed E-state index contributed by atoms with van der Waals surface area (Å²) in [5, 5.41) is 11.1. The van der Waals surface area contributed by atoms with Crippen LogP contribution in [0.25, 0.3) is 0 Å². The van der Waals surface area contributed by atoms with Crippen LogP contribution in [0.15, 0.2) is 42.5 Å². The van der Waals surface area contributed by atoms with Gasteiger partial charge in [-0.1, -0.05) is 23.7 Å². The highest BCUT2D eigenvalue weighted by Crippen LogP contribution is 2.46. The number of carbonyl (C=O) groups is 2. The fraction of sp³-hybridized carbons (Fsp3) is 0.0667. The first-order valence-electron chi connectivity index (χ1n) is 6.22. The third kappa shape index (κ3) is 1.44. The van der Waals surface area contributed by atoms with Crippen molar-refractivity contribution in [2.24, 2.45) is 0 Å². The summed E-state index contributed by atoms with van der Waals surface area (Å²) in [5.41, 5.74) is 0.960. The first-order chi connectivity index (χ1) is 10.0. The molecule has 104 valence electrons. The quantitative estimate of drug-likeness (QED) is 0.758. The van der Waals surface area contributed by atoms with Crippen molar-refractivity contribution >= 4 is 29.2 Å². The standard InChI is InChI=1S/C15H8ClNO4/c16-8-5-6-10-12(7-8)17-13(18)9-3-1-2-4-11(9)15(17,20)21-14(10)19/h1-7,20H/t15-/m0/s1. The van der Waals surface area contributed by atoms with Crippen molar-refractivity contribution in [3.63, 3.8) is 0 Å². The second kappa shape index (κ2) is 3.84. The van der Waals surface area contributed by atoms with E-state index in [-0.39, 0.29) is 16.8 Å². The van der Waals surface area contributed by atoms with Crippen LogP contribution < -0.4 is 4.90 Å². The van der Waals surface area contributed by atoms with Gasteiger partial charge in [-0.25, -0.2) is 9.69 Å². The molecule has 2 aromatic rings. The van der Waals surface area contributed by atoms with Crippen molar-refractivity contribution in [3.05, 3.63) is 64.2 Å². The van der Waals surface area contributed by atoms with Crippen LogP contribution in [0.3, 0.4) is 0 Å². The third-order valence-corrected chi connectivity index (χ3v) is 3.91. The minimum atomic E-state index is -2.12. The van der Waals surface area contributed by atoms with E-state index >= 15 is 0 Å². The molecule has 0 saturated carbocycles. The molecule has 0 unspecified atom stereocenters. The molecule has 1 N–H and O–H groups in total. The molecule has 2 aromatic carbocycles. The predicted octanol–water partition coefficient (Wildman–Crippen LogP) is 2.27. The van der Waals surface area contributed by atoms with E-state index in [0.717, 1.165) is 4.90 Å². The van der Waals surface area contributed by atoms with Crippen LogP contribution in [0.5, 0.6) is 0 Å². The molecule has 4 rings (SSSR count). The summed E-state index contributed by atoms with van der Waals surface area (Å²) in [6, 6.07) is 10.9. The second-order valence-electron chi connectivity index (χ2n) is 4.85. The number of fused-ring (bicyclic) bond motifs is 5. The summed E-state index contributed by atoms with van der Waals surface area (Å²) in [4.78, 5) is 25.7. The van der Waals surface area contributed by atoms with Crippen molar-refractivity contribution in [3.8, 4) is 0 Å². The minimum absolute atomic E-state index is 0.185. The minimum Gasteiger partial charge on any atom is -0.405 e. The highest BCUT2D eigenvalue weighted by Gasteiger charge is 2.56. The number of hydrogen-bond acceptors (Lipinski definition) is 4. The number of amides is 1. The Morgan fingerprint density at radius 1 is 1.10 bits per heavy atom. The van der Waals surface area contributed by atoms with E-state index in [2.05, 4.69) is 0 Å². The van der Waals surface area contributed by atoms with Crippen molar-refractivity contribution in [1.82, 2.24) is 0 Å². The van der Waals surface area contributed by atoms with E-state index in [1.165, 1.54) is 18.2 Å². The van der Waals surface area contributed by atoms with Gasteiger partial charge in [0, 0.05) is 5.02 Å². The van der Waals surface area contributed by atoms with Gasteiger partial charge in [-0.2, -0.15) is 0 Å². The van der Waals surface area contributed by atoms with Crippen molar-refractivity contribution in [2.75, 3.05) is 4.90 Å². The second-order valence-corrected chi connectivity index (χ2v) is 5.28. The highest BCUT2D eigenvalue weighted by atomic mass is 35.5. The summed E-state index contributed by atoms with van der Waals surface area (Å²) in [7, 11) is 0. The number of halogens is 1. The number of esters is 1. The van der Waals surface area contributed by atoms with Crippen LogP contribution in [-0.2, 0) is 10.6 Å². The lowest BCUT2D eigenvalue weighted by atomic mass is 10.1. The Morgan fingerprint density at radius 3 is 2.67 bits per heavy atom. The Morgan fingerprint density at radius 2 is 1.86 bits per heavy atom. The van der Waals surface area contributed by atoms with Crippen LogP contribution in [0.2, 0.25) is 5.02 Å². The van der Waals surface area contributed by atoms with Crippen LogP contribution in [-0.4, -0.2) is 17.0 Å². The van der Waals surface area contributed by atoms with Crippen molar-refractivity contribution in [1.29, 1.82) is 0 Å². The monoisotopic (exact) mass is 301 g/mol. The molecule has 2 heterocycles. The van der Waals surface area contributed by atoms with E-state index < -0.39 is 17.8 Å². The summed E-state index contributed by atoms with van der Waals surface area (Å²) in [5.74, 6) is -3.27. The lowest BCUT2D eigenvalue weighted by Crippen LogP contribution is -2.51. The zero-order valence-corrected chi connectivity index (χ0v) is 11.3. The van der Waals surface area contributed by atoms with E-state index in [0.29, 0.717) is 10.6 Å². The van der Waals surface area contributed by atoms with Crippen molar-refractivity contribution < 1.29 is 19.4 Å². The van der Waals surface area contributed by atoms with E-state index in [1.54, 1.807) is 24.3 Å². The molecule has 21 heavy (non-hydrogen) atoms. The highest BCUT2D eigenvalue weighted by molar-refractivity contribution is 6.31. The first-order valence-corrected chi connectivity index (χ1v) is 6.59. The van der Waals surface area contributed by atoms with Gasteiger partial charge in [-0.05, 0) is 30.3 Å². The first kappa shape index (κ1) is 12.4. The molecule has 1 amide bonds. The van der Waals surface area contributed by atoms with Crippen molar-refractivity contribution in [2.45, 2.75) is 5.91 Å². The smallest absolute Gasteiger partial charge is 0.344 e. The van der Waals surface area contributed by atoms with Gasteiger partial charge in [0.1, 0.15) is 0 Å². The molecular weight excluding hydrogens is 294 g/mol. The van der Waals surface area contributed by atoms with E-state index in [9.17, 15) is 14.7 Å². The normalized spacial score (nSPS) is 22.5. The maximum absolute atomic E-state index is 12.5. The molecule has 1 atom stereocenters. The maximum Gasteiger partial charge on any atom is 0.344 e. The molecule has 0 radical (unpaired) electrons. The van der Waals surface area contributed by atoms with Gasteiger partial charge in [-0.15, -0.1) is 0 Å². The van der Waals surface area contributed by atoms with Gasteiger partial charge >= 0.3 is 11.9 Å². The molecule has 0 fully saturated rings. The topological polar surface area (TPSA) is 66.8 Å². The maximum atomic E-state index is 12.5. The number of aliphatic hydroxyl groups is 1. The summed E-state index contributed by atoms with van der Waals surface area (Å²) in [6.07, 6.45) is 0. The molecule has 0 aliphatic carbocycles. The zero-order valence-electron chi connectivity index (χ0n) is 10.5. The molecule has 2 aliphatic rings. The Balaban J connectivity index is 2.04. The molecule has 0 aromatic heterocycles. The van der Waals surface area contributed by atoms with Gasteiger partial charge in [0.15, 0.2) is 0 Å². The van der Waals surface area contributed by atoms with E-state index in [4.69, 9.17) is 16.3 Å². The van der Waals surface area contributed by atoms with E-state index in [1.807, 2.05) is 0 Å². The third-order valence-electron chi connectivity index (χ3n) is 3.67. The Bertz CT molecular complexity index is 819. The van der Waals surface area contributed by atoms with Gasteiger partial charge in [0.05, 0.1) is 22.4 Å². The van der Waals surface area contributed by atoms with Gasteiger partial charge in [-0.3, -0.25) is 4.79 Å². The number of rotatable bonds is 0. The van der Waals surface area contributed by atoms with Gasteiger partial charge in [0.2, 0.25) is 0 Å². The number of anilines is 1. The number of carbonyl (C=O) groups excluding carboxylic acids is 2. The van der Waals surface area contributed by atoms with Crippen LogP contribution in [0.4, 0.5) is 5.69 Å². The fourth-order valence-electron chi connectivity index (χ4n) is 2.75. The van der Waals surface area contributed by atoms with Gasteiger partial charge in [0.25, 0.3) is 5.91 Å². The molecular formula is C15H8ClNO4. The average molecular weight is 302 g/mol. The molecule has 0 spiro atoms. The lowest BCUT2D eigenvalue weighted by Gasteiger charge is -2.37. The predicted molar refractivity (Wildman–Crippen MR) is 74.0 cm³/mol. The van der Waals surface area contributed by atoms with Crippen LogP contribution in [0.1, 0.15) is 26.3 Å². The Hall–Kier alpha value is -2.37. The fourth-order valence-corrected chi connectivity index (χ4v) is 2.92. The number of ether oxygens (including phenoxy) is 1. The SMILES string of the molecule is O=C1O[C@@]2(O)c3ccccc3C(=O)N2c2cc(Cl)ccc21. The zero-order chi connectivity index (χ0) is 14.8. The number of nitrogens with zero attached hydrogens (tertiary/aromatic N) is 1. The van der Waals surface area contributed by atoms with Crippen LogP contribution >= 0.6 is 11.6 Å². The van der Waals surface area contributed by atoms with Gasteiger partial charge < -0.3 is 9.84 Å². The average Bonchev–Trinajstić information content (AvgIpc) is 2.68. The molecule has 0 saturated heterocycles.